The molecule has 0 aromatic carbocycles. The molecule has 0 radical (unpaired) electrons. The maximum Gasteiger partial charge on any atom is 0.224 e. The van der Waals surface area contributed by atoms with Gasteiger partial charge in [0.2, 0.25) is 5.95 Å². The maximum atomic E-state index is 10.3. The summed E-state index contributed by atoms with van der Waals surface area (Å²) in [5, 5.41) is 16.4. The Morgan fingerprint density at radius 3 is 2.82 bits per heavy atom. The van der Waals surface area contributed by atoms with Gasteiger partial charge in [-0.25, -0.2) is 4.98 Å². The fraction of sp³-hybridized carbons (Fsp3) is 0.667. The molecule has 0 bridgehead atoms. The van der Waals surface area contributed by atoms with Crippen LogP contribution in [0, 0.1) is 0 Å². The SMILES string of the molecule is CNc1nccc(NCC2(O)CCCCC2)n1. The summed E-state index contributed by atoms with van der Waals surface area (Å²) in [7, 11) is 1.79. The Labute approximate surface area is 102 Å². The molecule has 94 valence electrons. The number of nitrogens with zero attached hydrogens (tertiary/aromatic N) is 2. The molecule has 1 fully saturated rings. The monoisotopic (exact) mass is 236 g/mol. The summed E-state index contributed by atoms with van der Waals surface area (Å²) in [6, 6.07) is 1.81. The number of aromatic nitrogens is 2. The van der Waals surface area contributed by atoms with Crippen molar-refractivity contribution in [1.29, 1.82) is 0 Å². The molecule has 0 amide bonds. The van der Waals surface area contributed by atoms with Crippen LogP contribution in [0.4, 0.5) is 11.8 Å². The third-order valence-electron chi connectivity index (χ3n) is 3.26. The van der Waals surface area contributed by atoms with Gasteiger partial charge in [-0.3, -0.25) is 0 Å². The summed E-state index contributed by atoms with van der Waals surface area (Å²) in [5.74, 6) is 1.34. The molecule has 5 heteroatoms. The fourth-order valence-corrected chi connectivity index (χ4v) is 2.22. The van der Waals surface area contributed by atoms with Gasteiger partial charge in [0.05, 0.1) is 5.60 Å². The number of rotatable bonds is 4. The first-order chi connectivity index (χ1) is 8.22. The lowest BCUT2D eigenvalue weighted by atomic mass is 9.85. The molecular weight excluding hydrogens is 216 g/mol. The van der Waals surface area contributed by atoms with Crippen LogP contribution in [0.3, 0.4) is 0 Å². The smallest absolute Gasteiger partial charge is 0.224 e. The quantitative estimate of drug-likeness (QED) is 0.741. The van der Waals surface area contributed by atoms with Crippen molar-refractivity contribution in [2.45, 2.75) is 37.7 Å². The normalized spacial score (nSPS) is 18.7. The number of hydrogen-bond donors (Lipinski definition) is 3. The van der Waals surface area contributed by atoms with Crippen LogP contribution in [0.15, 0.2) is 12.3 Å². The number of aliphatic hydroxyl groups is 1. The molecule has 1 aromatic rings. The van der Waals surface area contributed by atoms with Crippen molar-refractivity contribution in [3.63, 3.8) is 0 Å². The molecule has 1 aromatic heterocycles. The van der Waals surface area contributed by atoms with E-state index >= 15 is 0 Å². The second-order valence-corrected chi connectivity index (χ2v) is 4.65. The molecule has 3 N–H and O–H groups in total. The molecule has 1 aliphatic rings. The summed E-state index contributed by atoms with van der Waals surface area (Å²) < 4.78 is 0. The minimum absolute atomic E-state index is 0.563. The van der Waals surface area contributed by atoms with Crippen molar-refractivity contribution < 1.29 is 5.11 Å². The zero-order chi connectivity index (χ0) is 12.1. The average molecular weight is 236 g/mol. The highest BCUT2D eigenvalue weighted by Crippen LogP contribution is 2.28. The van der Waals surface area contributed by atoms with E-state index in [-0.39, 0.29) is 0 Å². The van der Waals surface area contributed by atoms with Crippen molar-refractivity contribution in [1.82, 2.24) is 9.97 Å². The Kier molecular flexibility index (Phi) is 3.78. The first kappa shape index (κ1) is 12.1. The Hall–Kier alpha value is -1.36. The molecule has 5 nitrogen and oxygen atoms in total. The van der Waals surface area contributed by atoms with Crippen LogP contribution >= 0.6 is 0 Å². The van der Waals surface area contributed by atoms with E-state index in [1.54, 1.807) is 13.2 Å². The van der Waals surface area contributed by atoms with E-state index in [2.05, 4.69) is 20.6 Å². The zero-order valence-corrected chi connectivity index (χ0v) is 10.2. The lowest BCUT2D eigenvalue weighted by Crippen LogP contribution is -2.38. The minimum Gasteiger partial charge on any atom is -0.388 e. The van der Waals surface area contributed by atoms with E-state index < -0.39 is 5.60 Å². The first-order valence-electron chi connectivity index (χ1n) is 6.19. The van der Waals surface area contributed by atoms with Crippen LogP contribution in [-0.4, -0.2) is 34.3 Å². The molecule has 2 rings (SSSR count). The van der Waals surface area contributed by atoms with Gasteiger partial charge in [0.25, 0.3) is 0 Å². The van der Waals surface area contributed by atoms with E-state index in [1.165, 1.54) is 6.42 Å². The van der Waals surface area contributed by atoms with Gasteiger partial charge in [-0.05, 0) is 18.9 Å². The van der Waals surface area contributed by atoms with Gasteiger partial charge in [-0.2, -0.15) is 4.98 Å². The predicted molar refractivity (Wildman–Crippen MR) is 68.1 cm³/mol. The van der Waals surface area contributed by atoms with Crippen LogP contribution in [-0.2, 0) is 0 Å². The van der Waals surface area contributed by atoms with Crippen molar-refractivity contribution >= 4 is 11.8 Å². The predicted octanol–water partition coefficient (Wildman–Crippen LogP) is 1.63. The van der Waals surface area contributed by atoms with Crippen molar-refractivity contribution in [2.24, 2.45) is 0 Å². The Bertz CT molecular complexity index is 363. The second kappa shape index (κ2) is 5.31. The van der Waals surface area contributed by atoms with E-state index in [0.717, 1.165) is 31.5 Å². The maximum absolute atomic E-state index is 10.3. The van der Waals surface area contributed by atoms with Crippen LogP contribution in [0.5, 0.6) is 0 Å². The number of hydrogen-bond acceptors (Lipinski definition) is 5. The highest BCUT2D eigenvalue weighted by Gasteiger charge is 2.28. The molecule has 0 saturated heterocycles. The van der Waals surface area contributed by atoms with Gasteiger partial charge in [-0.1, -0.05) is 19.3 Å². The molecule has 0 atom stereocenters. The third-order valence-corrected chi connectivity index (χ3v) is 3.26. The van der Waals surface area contributed by atoms with E-state index in [4.69, 9.17) is 0 Å². The average Bonchev–Trinajstić information content (AvgIpc) is 2.38. The highest BCUT2D eigenvalue weighted by molar-refractivity contribution is 5.39. The summed E-state index contributed by atoms with van der Waals surface area (Å²) in [4.78, 5) is 8.31. The zero-order valence-electron chi connectivity index (χ0n) is 10.2. The van der Waals surface area contributed by atoms with Crippen LogP contribution in [0.25, 0.3) is 0 Å². The van der Waals surface area contributed by atoms with Gasteiger partial charge in [0.15, 0.2) is 0 Å². The van der Waals surface area contributed by atoms with Crippen LogP contribution < -0.4 is 10.6 Å². The van der Waals surface area contributed by atoms with Gasteiger partial charge in [0, 0.05) is 19.8 Å². The lowest BCUT2D eigenvalue weighted by molar-refractivity contribution is 0.0166. The van der Waals surface area contributed by atoms with E-state index in [0.29, 0.717) is 12.5 Å². The molecule has 1 aliphatic carbocycles. The summed E-state index contributed by atoms with van der Waals surface area (Å²) in [6.07, 6.45) is 6.92. The van der Waals surface area contributed by atoms with E-state index in [9.17, 15) is 5.11 Å². The third kappa shape index (κ3) is 3.30. The molecule has 1 heterocycles. The lowest BCUT2D eigenvalue weighted by Gasteiger charge is -2.32. The Balaban J connectivity index is 1.92. The van der Waals surface area contributed by atoms with Crippen molar-refractivity contribution in [3.8, 4) is 0 Å². The highest BCUT2D eigenvalue weighted by atomic mass is 16.3. The van der Waals surface area contributed by atoms with Crippen molar-refractivity contribution in [3.05, 3.63) is 12.3 Å². The fourth-order valence-electron chi connectivity index (χ4n) is 2.22. The second-order valence-electron chi connectivity index (χ2n) is 4.65. The summed E-state index contributed by atoms with van der Waals surface area (Å²) in [5.41, 5.74) is -0.566. The van der Waals surface area contributed by atoms with Crippen molar-refractivity contribution in [2.75, 3.05) is 24.2 Å². The molecular formula is C12H20N4O. The first-order valence-corrected chi connectivity index (χ1v) is 6.19. The van der Waals surface area contributed by atoms with Gasteiger partial charge >= 0.3 is 0 Å². The molecule has 0 aliphatic heterocycles. The molecule has 1 saturated carbocycles. The topological polar surface area (TPSA) is 70.1 Å². The number of nitrogens with one attached hydrogen (secondary N) is 2. The largest absolute Gasteiger partial charge is 0.388 e. The minimum atomic E-state index is -0.566. The standard InChI is InChI=1S/C12H20N4O/c1-13-11-14-8-5-10(16-11)15-9-12(17)6-3-2-4-7-12/h5,8,17H,2-4,6-7,9H2,1H3,(H2,13,14,15,16). The van der Waals surface area contributed by atoms with Crippen LogP contribution in [0.2, 0.25) is 0 Å². The summed E-state index contributed by atoms with van der Waals surface area (Å²) in [6.45, 7) is 0.563. The van der Waals surface area contributed by atoms with Gasteiger partial charge in [0.1, 0.15) is 5.82 Å². The molecule has 0 unspecified atom stereocenters. The van der Waals surface area contributed by atoms with E-state index in [1.807, 2.05) is 6.07 Å². The molecule has 17 heavy (non-hydrogen) atoms. The van der Waals surface area contributed by atoms with Crippen LogP contribution in [0.1, 0.15) is 32.1 Å². The number of anilines is 2. The van der Waals surface area contributed by atoms with Gasteiger partial charge < -0.3 is 15.7 Å². The Morgan fingerprint density at radius 2 is 2.12 bits per heavy atom. The Morgan fingerprint density at radius 1 is 1.35 bits per heavy atom. The summed E-state index contributed by atoms with van der Waals surface area (Å²) >= 11 is 0. The van der Waals surface area contributed by atoms with Gasteiger partial charge in [-0.15, -0.1) is 0 Å². The molecule has 0 spiro atoms.